The summed E-state index contributed by atoms with van der Waals surface area (Å²) in [6.07, 6.45) is 0. The topological polar surface area (TPSA) is 41.1 Å². The molecule has 0 saturated heterocycles. The Morgan fingerprint density at radius 2 is 1.63 bits per heavy atom. The third-order valence-corrected chi connectivity index (χ3v) is 3.06. The molecule has 2 rings (SSSR count). The van der Waals surface area contributed by atoms with E-state index < -0.39 is 0 Å². The quantitative estimate of drug-likeness (QED) is 0.879. The van der Waals surface area contributed by atoms with Crippen LogP contribution in [0.25, 0.3) is 0 Å². The minimum absolute atomic E-state index is 0.0670. The average molecular weight is 254 g/mol. The van der Waals surface area contributed by atoms with Crippen molar-refractivity contribution in [1.29, 1.82) is 0 Å². The lowest BCUT2D eigenvalue weighted by Gasteiger charge is -2.15. The highest BCUT2D eigenvalue weighted by atomic mass is 16.1. The molecule has 0 bridgehead atoms. The molecule has 0 radical (unpaired) electrons. The smallest absolute Gasteiger partial charge is 0.251 e. The number of anilines is 1. The molecule has 0 aromatic heterocycles. The van der Waals surface area contributed by atoms with E-state index in [1.54, 1.807) is 7.05 Å². The van der Waals surface area contributed by atoms with Gasteiger partial charge in [0, 0.05) is 24.3 Å². The van der Waals surface area contributed by atoms with Crippen LogP contribution < -0.4 is 10.6 Å². The molecule has 2 aromatic rings. The van der Waals surface area contributed by atoms with Gasteiger partial charge in [-0.05, 0) is 36.8 Å². The number of carbonyl (C=O) groups is 1. The van der Waals surface area contributed by atoms with Crippen molar-refractivity contribution in [1.82, 2.24) is 5.32 Å². The summed E-state index contributed by atoms with van der Waals surface area (Å²) >= 11 is 0. The first-order valence-electron chi connectivity index (χ1n) is 6.34. The van der Waals surface area contributed by atoms with E-state index >= 15 is 0 Å². The Hall–Kier alpha value is -2.29. The van der Waals surface area contributed by atoms with E-state index in [-0.39, 0.29) is 11.9 Å². The highest BCUT2D eigenvalue weighted by Gasteiger charge is 2.06. The molecule has 2 N–H and O–H groups in total. The zero-order valence-electron chi connectivity index (χ0n) is 11.2. The molecule has 3 nitrogen and oxygen atoms in total. The van der Waals surface area contributed by atoms with Gasteiger partial charge in [-0.1, -0.05) is 30.3 Å². The predicted octanol–water partition coefficient (Wildman–Crippen LogP) is 3.22. The van der Waals surface area contributed by atoms with Crippen molar-refractivity contribution in [2.45, 2.75) is 13.0 Å². The molecule has 0 aliphatic rings. The summed E-state index contributed by atoms with van der Waals surface area (Å²) < 4.78 is 0. The van der Waals surface area contributed by atoms with Crippen molar-refractivity contribution in [3.05, 3.63) is 65.7 Å². The lowest BCUT2D eigenvalue weighted by Crippen LogP contribution is -2.17. The van der Waals surface area contributed by atoms with Crippen LogP contribution in [0, 0.1) is 0 Å². The second-order valence-electron chi connectivity index (χ2n) is 4.43. The van der Waals surface area contributed by atoms with Gasteiger partial charge in [0.25, 0.3) is 5.91 Å². The summed E-state index contributed by atoms with van der Waals surface area (Å²) in [6, 6.07) is 18.0. The van der Waals surface area contributed by atoms with Gasteiger partial charge < -0.3 is 10.6 Å². The molecule has 0 aliphatic heterocycles. The van der Waals surface area contributed by atoms with Gasteiger partial charge in [0.1, 0.15) is 0 Å². The van der Waals surface area contributed by atoms with E-state index in [0.717, 1.165) is 5.69 Å². The Morgan fingerprint density at radius 1 is 1.00 bits per heavy atom. The normalized spacial score (nSPS) is 11.7. The Morgan fingerprint density at radius 3 is 2.21 bits per heavy atom. The van der Waals surface area contributed by atoms with Crippen molar-refractivity contribution in [3.63, 3.8) is 0 Å². The summed E-state index contributed by atoms with van der Waals surface area (Å²) in [5, 5.41) is 6.02. The monoisotopic (exact) mass is 254 g/mol. The summed E-state index contributed by atoms with van der Waals surface area (Å²) in [5.41, 5.74) is 2.90. The maximum absolute atomic E-state index is 11.4. The van der Waals surface area contributed by atoms with Crippen molar-refractivity contribution >= 4 is 11.6 Å². The number of amides is 1. The molecule has 0 spiro atoms. The number of benzene rings is 2. The highest BCUT2D eigenvalue weighted by molar-refractivity contribution is 5.94. The van der Waals surface area contributed by atoms with Gasteiger partial charge in [-0.2, -0.15) is 0 Å². The molecule has 0 aliphatic carbocycles. The highest BCUT2D eigenvalue weighted by Crippen LogP contribution is 2.19. The molecule has 0 unspecified atom stereocenters. The number of hydrogen-bond acceptors (Lipinski definition) is 2. The Bertz CT molecular complexity index is 534. The molecule has 0 fully saturated rings. The molecule has 98 valence electrons. The van der Waals surface area contributed by atoms with Gasteiger partial charge in [-0.3, -0.25) is 4.79 Å². The lowest BCUT2D eigenvalue weighted by atomic mass is 10.1. The van der Waals surface area contributed by atoms with Crippen LogP contribution in [0.3, 0.4) is 0 Å². The molecule has 1 amide bonds. The van der Waals surface area contributed by atoms with Crippen LogP contribution in [-0.2, 0) is 0 Å². The average Bonchev–Trinajstić information content (AvgIpc) is 2.48. The maximum atomic E-state index is 11.4. The largest absolute Gasteiger partial charge is 0.379 e. The third kappa shape index (κ3) is 3.35. The molecule has 0 heterocycles. The predicted molar refractivity (Wildman–Crippen MR) is 78.3 cm³/mol. The number of hydrogen-bond donors (Lipinski definition) is 2. The van der Waals surface area contributed by atoms with Gasteiger partial charge in [0.05, 0.1) is 0 Å². The van der Waals surface area contributed by atoms with Crippen molar-refractivity contribution < 1.29 is 4.79 Å². The summed E-state index contributed by atoms with van der Waals surface area (Å²) in [7, 11) is 1.63. The first-order valence-corrected chi connectivity index (χ1v) is 6.34. The molecule has 2 aromatic carbocycles. The minimum atomic E-state index is -0.0670. The molecule has 0 saturated carbocycles. The SMILES string of the molecule is CNC(=O)c1ccc(N[C@H](C)c2ccccc2)cc1. The van der Waals surface area contributed by atoms with Crippen LogP contribution in [0.4, 0.5) is 5.69 Å². The van der Waals surface area contributed by atoms with E-state index in [1.165, 1.54) is 5.56 Å². The van der Waals surface area contributed by atoms with Crippen molar-refractivity contribution in [2.75, 3.05) is 12.4 Å². The molecule has 3 heteroatoms. The summed E-state index contributed by atoms with van der Waals surface area (Å²) in [4.78, 5) is 11.4. The molecule has 19 heavy (non-hydrogen) atoms. The van der Waals surface area contributed by atoms with Gasteiger partial charge in [-0.15, -0.1) is 0 Å². The van der Waals surface area contributed by atoms with Gasteiger partial charge in [-0.25, -0.2) is 0 Å². The second-order valence-corrected chi connectivity index (χ2v) is 4.43. The number of nitrogens with one attached hydrogen (secondary N) is 2. The van der Waals surface area contributed by atoms with Crippen molar-refractivity contribution in [3.8, 4) is 0 Å². The van der Waals surface area contributed by atoms with Crippen molar-refractivity contribution in [2.24, 2.45) is 0 Å². The van der Waals surface area contributed by atoms with Gasteiger partial charge in [0.15, 0.2) is 0 Å². The zero-order chi connectivity index (χ0) is 13.7. The van der Waals surface area contributed by atoms with Crippen LogP contribution in [0.15, 0.2) is 54.6 Å². The minimum Gasteiger partial charge on any atom is -0.379 e. The fourth-order valence-corrected chi connectivity index (χ4v) is 1.94. The summed E-state index contributed by atoms with van der Waals surface area (Å²) in [6.45, 7) is 2.11. The second kappa shape index (κ2) is 6.05. The Kier molecular flexibility index (Phi) is 4.18. The van der Waals surface area contributed by atoms with Gasteiger partial charge in [0.2, 0.25) is 0 Å². The van der Waals surface area contributed by atoms with Gasteiger partial charge >= 0.3 is 0 Å². The maximum Gasteiger partial charge on any atom is 0.251 e. The fourth-order valence-electron chi connectivity index (χ4n) is 1.94. The van der Waals surface area contributed by atoms with E-state index in [1.807, 2.05) is 42.5 Å². The van der Waals surface area contributed by atoms with E-state index in [2.05, 4.69) is 29.7 Å². The Balaban J connectivity index is 2.06. The van der Waals surface area contributed by atoms with E-state index in [0.29, 0.717) is 5.56 Å². The van der Waals surface area contributed by atoms with Crippen LogP contribution in [0.1, 0.15) is 28.9 Å². The molecular weight excluding hydrogens is 236 g/mol. The number of carbonyl (C=O) groups excluding carboxylic acids is 1. The molecular formula is C16H18N2O. The van der Waals surface area contributed by atoms with Crippen LogP contribution >= 0.6 is 0 Å². The zero-order valence-corrected chi connectivity index (χ0v) is 11.2. The molecule has 1 atom stereocenters. The Labute approximate surface area is 113 Å². The fraction of sp³-hybridized carbons (Fsp3) is 0.188. The standard InChI is InChI=1S/C16H18N2O/c1-12(13-6-4-3-5-7-13)18-15-10-8-14(9-11-15)16(19)17-2/h3-12,18H,1-2H3,(H,17,19)/t12-/m1/s1. The third-order valence-electron chi connectivity index (χ3n) is 3.06. The van der Waals surface area contributed by atoms with E-state index in [4.69, 9.17) is 0 Å². The first-order chi connectivity index (χ1) is 9.20. The van der Waals surface area contributed by atoms with Crippen LogP contribution in [0.5, 0.6) is 0 Å². The van der Waals surface area contributed by atoms with E-state index in [9.17, 15) is 4.79 Å². The van der Waals surface area contributed by atoms with Crippen LogP contribution in [0.2, 0.25) is 0 Å². The van der Waals surface area contributed by atoms with Crippen LogP contribution in [-0.4, -0.2) is 13.0 Å². The number of rotatable bonds is 4. The summed E-state index contributed by atoms with van der Waals surface area (Å²) in [5.74, 6) is -0.0670. The first kappa shape index (κ1) is 13.1. The lowest BCUT2D eigenvalue weighted by molar-refractivity contribution is 0.0963.